The third kappa shape index (κ3) is 10.1. The lowest BCUT2D eigenvalue weighted by molar-refractivity contribution is -0.137. The Morgan fingerprint density at radius 1 is 1.29 bits per heavy atom. The molecule has 9 heteroatoms. The van der Waals surface area contributed by atoms with Gasteiger partial charge in [-0.25, -0.2) is 17.9 Å². The molecule has 124 valence electrons. The van der Waals surface area contributed by atoms with E-state index in [1.54, 1.807) is 13.8 Å². The van der Waals surface area contributed by atoms with Gasteiger partial charge in [0.25, 0.3) is 0 Å². The summed E-state index contributed by atoms with van der Waals surface area (Å²) in [6.45, 7) is 6.94. The van der Waals surface area contributed by atoms with Crippen molar-refractivity contribution >= 4 is 22.0 Å². The van der Waals surface area contributed by atoms with E-state index in [9.17, 15) is 18.0 Å². The Balaban J connectivity index is 4.65. The number of amides is 2. The Kier molecular flexibility index (Phi) is 7.11. The zero-order chi connectivity index (χ0) is 16.8. The average Bonchev–Trinajstić information content (AvgIpc) is 2.20. The molecule has 21 heavy (non-hydrogen) atoms. The number of carboxylic acid groups (broad SMARTS) is 1. The molecule has 0 radical (unpaired) electrons. The SMILES string of the molecule is CC(C)CN(CC(=O)O)C(=O)NCC(C)(C)NS(C)(=O)=O. The Labute approximate surface area is 125 Å². The lowest BCUT2D eigenvalue weighted by Crippen LogP contribution is -2.54. The molecule has 0 heterocycles. The zero-order valence-corrected chi connectivity index (χ0v) is 14.0. The first-order valence-corrected chi connectivity index (χ1v) is 8.45. The van der Waals surface area contributed by atoms with Crippen LogP contribution < -0.4 is 10.0 Å². The zero-order valence-electron chi connectivity index (χ0n) is 13.1. The number of urea groups is 1. The summed E-state index contributed by atoms with van der Waals surface area (Å²) in [6, 6.07) is -0.533. The second kappa shape index (κ2) is 7.60. The van der Waals surface area contributed by atoms with Crippen molar-refractivity contribution < 1.29 is 23.1 Å². The molecule has 2 amide bonds. The summed E-state index contributed by atoms with van der Waals surface area (Å²) in [7, 11) is -3.40. The minimum atomic E-state index is -3.40. The van der Waals surface area contributed by atoms with Crippen LogP contribution in [0.4, 0.5) is 4.79 Å². The van der Waals surface area contributed by atoms with Gasteiger partial charge in [0, 0.05) is 18.6 Å². The topological polar surface area (TPSA) is 116 Å². The third-order valence-corrected chi connectivity index (χ3v) is 3.27. The van der Waals surface area contributed by atoms with Crippen molar-refractivity contribution in [1.82, 2.24) is 14.9 Å². The lowest BCUT2D eigenvalue weighted by atomic mass is 10.1. The van der Waals surface area contributed by atoms with Crippen LogP contribution in [0, 0.1) is 5.92 Å². The Morgan fingerprint density at radius 2 is 1.81 bits per heavy atom. The molecule has 0 aliphatic heterocycles. The third-order valence-electron chi connectivity index (χ3n) is 2.34. The van der Waals surface area contributed by atoms with Crippen molar-refractivity contribution in [3.63, 3.8) is 0 Å². The van der Waals surface area contributed by atoms with E-state index in [1.165, 1.54) is 4.90 Å². The maximum absolute atomic E-state index is 12.0. The highest BCUT2D eigenvalue weighted by molar-refractivity contribution is 7.88. The summed E-state index contributed by atoms with van der Waals surface area (Å²) in [5.41, 5.74) is -0.865. The molecule has 0 aliphatic carbocycles. The molecule has 0 fully saturated rings. The fourth-order valence-electron chi connectivity index (χ4n) is 1.77. The van der Waals surface area contributed by atoms with Crippen LogP contribution in [0.1, 0.15) is 27.7 Å². The first-order valence-electron chi connectivity index (χ1n) is 6.56. The van der Waals surface area contributed by atoms with Crippen molar-refractivity contribution in [3.8, 4) is 0 Å². The summed E-state index contributed by atoms with van der Waals surface area (Å²) < 4.78 is 24.8. The van der Waals surface area contributed by atoms with Crippen LogP contribution in [0.2, 0.25) is 0 Å². The molecule has 0 aromatic rings. The van der Waals surface area contributed by atoms with E-state index in [4.69, 9.17) is 5.11 Å². The van der Waals surface area contributed by atoms with Crippen LogP contribution in [0.25, 0.3) is 0 Å². The number of nitrogens with one attached hydrogen (secondary N) is 2. The molecule has 0 rings (SSSR count). The average molecular weight is 323 g/mol. The molecule has 0 saturated carbocycles. The van der Waals surface area contributed by atoms with Gasteiger partial charge >= 0.3 is 12.0 Å². The molecule has 0 aromatic heterocycles. The molecule has 0 atom stereocenters. The fraction of sp³-hybridized carbons (Fsp3) is 0.833. The summed E-state index contributed by atoms with van der Waals surface area (Å²) in [5, 5.41) is 11.4. The number of carbonyl (C=O) groups excluding carboxylic acids is 1. The van der Waals surface area contributed by atoms with Crippen LogP contribution in [0.3, 0.4) is 0 Å². The van der Waals surface area contributed by atoms with Gasteiger partial charge < -0.3 is 15.3 Å². The van der Waals surface area contributed by atoms with E-state index in [0.717, 1.165) is 6.26 Å². The van der Waals surface area contributed by atoms with Gasteiger partial charge in [-0.05, 0) is 19.8 Å². The van der Waals surface area contributed by atoms with Crippen molar-refractivity contribution in [2.75, 3.05) is 25.9 Å². The largest absolute Gasteiger partial charge is 0.480 e. The summed E-state index contributed by atoms with van der Waals surface area (Å²) in [4.78, 5) is 24.0. The molecule has 3 N–H and O–H groups in total. The fourth-order valence-corrected chi connectivity index (χ4v) is 2.85. The van der Waals surface area contributed by atoms with Crippen molar-refractivity contribution in [2.45, 2.75) is 33.2 Å². The van der Waals surface area contributed by atoms with E-state index in [-0.39, 0.29) is 12.5 Å². The molecule has 0 bridgehead atoms. The molecular weight excluding hydrogens is 298 g/mol. The van der Waals surface area contributed by atoms with E-state index < -0.39 is 34.1 Å². The van der Waals surface area contributed by atoms with Crippen LogP contribution in [0.5, 0.6) is 0 Å². The number of carbonyl (C=O) groups is 2. The minimum Gasteiger partial charge on any atom is -0.480 e. The summed E-state index contributed by atoms with van der Waals surface area (Å²) in [5.74, 6) is -0.975. The number of sulfonamides is 1. The molecule has 8 nitrogen and oxygen atoms in total. The minimum absolute atomic E-state index is 0.0487. The lowest BCUT2D eigenvalue weighted by Gasteiger charge is -2.28. The van der Waals surface area contributed by atoms with Gasteiger partial charge in [-0.15, -0.1) is 0 Å². The molecule has 0 aliphatic rings. The first kappa shape index (κ1) is 19.7. The molecular formula is C12H25N3O5S. The maximum Gasteiger partial charge on any atom is 0.323 e. The molecule has 0 unspecified atom stereocenters. The van der Waals surface area contributed by atoms with Gasteiger partial charge in [-0.3, -0.25) is 4.79 Å². The summed E-state index contributed by atoms with van der Waals surface area (Å²) >= 11 is 0. The molecule has 0 saturated heterocycles. The Hall–Kier alpha value is -1.35. The second-order valence-corrected chi connectivity index (χ2v) is 7.83. The number of hydrogen-bond acceptors (Lipinski definition) is 4. The van der Waals surface area contributed by atoms with Gasteiger partial charge in [0.2, 0.25) is 10.0 Å². The molecule has 0 spiro atoms. The van der Waals surface area contributed by atoms with E-state index >= 15 is 0 Å². The Bertz CT molecular complexity index is 473. The van der Waals surface area contributed by atoms with Gasteiger partial charge in [0.15, 0.2) is 0 Å². The van der Waals surface area contributed by atoms with Crippen molar-refractivity contribution in [2.24, 2.45) is 5.92 Å². The smallest absolute Gasteiger partial charge is 0.323 e. The maximum atomic E-state index is 12.0. The quantitative estimate of drug-likeness (QED) is 0.584. The first-order chi connectivity index (χ1) is 9.32. The van der Waals surface area contributed by atoms with Gasteiger partial charge in [0.05, 0.1) is 6.26 Å². The second-order valence-electron chi connectivity index (χ2n) is 6.08. The standard InChI is InChI=1S/C12H25N3O5S/c1-9(2)6-15(7-10(16)17)11(18)13-8-12(3,4)14-21(5,19)20/h9,14H,6-8H2,1-5H3,(H,13,18)(H,16,17). The number of carboxylic acids is 1. The van der Waals surface area contributed by atoms with Gasteiger partial charge in [-0.1, -0.05) is 13.8 Å². The van der Waals surface area contributed by atoms with Crippen molar-refractivity contribution in [1.29, 1.82) is 0 Å². The van der Waals surface area contributed by atoms with E-state index in [1.807, 2.05) is 13.8 Å². The van der Waals surface area contributed by atoms with Crippen LogP contribution >= 0.6 is 0 Å². The predicted molar refractivity (Wildman–Crippen MR) is 79.5 cm³/mol. The van der Waals surface area contributed by atoms with Crippen LogP contribution in [-0.4, -0.2) is 61.9 Å². The highest BCUT2D eigenvalue weighted by Crippen LogP contribution is 2.04. The monoisotopic (exact) mass is 323 g/mol. The van der Waals surface area contributed by atoms with Crippen LogP contribution in [0.15, 0.2) is 0 Å². The normalized spacial score (nSPS) is 12.3. The summed E-state index contributed by atoms with van der Waals surface area (Å²) in [6.07, 6.45) is 1.03. The highest BCUT2D eigenvalue weighted by Gasteiger charge is 2.25. The Morgan fingerprint density at radius 3 is 2.19 bits per heavy atom. The molecule has 0 aromatic carbocycles. The van der Waals surface area contributed by atoms with E-state index in [2.05, 4.69) is 10.0 Å². The van der Waals surface area contributed by atoms with E-state index in [0.29, 0.717) is 6.54 Å². The number of nitrogens with zero attached hydrogens (tertiary/aromatic N) is 1. The predicted octanol–water partition coefficient (Wildman–Crippen LogP) is 0.0664. The number of aliphatic carboxylic acids is 1. The number of hydrogen-bond donors (Lipinski definition) is 3. The number of rotatable bonds is 8. The van der Waals surface area contributed by atoms with Gasteiger partial charge in [-0.2, -0.15) is 0 Å². The van der Waals surface area contributed by atoms with Gasteiger partial charge in [0.1, 0.15) is 6.54 Å². The van der Waals surface area contributed by atoms with Crippen LogP contribution in [-0.2, 0) is 14.8 Å². The van der Waals surface area contributed by atoms with Crippen molar-refractivity contribution in [3.05, 3.63) is 0 Å². The highest BCUT2D eigenvalue weighted by atomic mass is 32.2.